The summed E-state index contributed by atoms with van der Waals surface area (Å²) in [5.41, 5.74) is 8.32. The Bertz CT molecular complexity index is 627. The summed E-state index contributed by atoms with van der Waals surface area (Å²) in [6.07, 6.45) is 0.816. The van der Waals surface area contributed by atoms with Crippen LogP contribution in [0, 0.1) is 5.82 Å². The van der Waals surface area contributed by atoms with Gasteiger partial charge in [0.1, 0.15) is 5.82 Å². The zero-order valence-corrected chi connectivity index (χ0v) is 13.7. The first-order valence-electron chi connectivity index (χ1n) is 6.45. The average molecular weight is 361 g/mol. The maximum Gasteiger partial charge on any atom is 0.148 e. The van der Waals surface area contributed by atoms with Crippen molar-refractivity contribution in [3.05, 3.63) is 50.5 Å². The van der Waals surface area contributed by atoms with Crippen LogP contribution < -0.4 is 5.73 Å². The molecule has 0 saturated carbocycles. The van der Waals surface area contributed by atoms with Gasteiger partial charge in [0.15, 0.2) is 0 Å². The van der Waals surface area contributed by atoms with Crippen molar-refractivity contribution in [2.45, 2.75) is 32.9 Å². The Labute approximate surface area is 131 Å². The fourth-order valence-electron chi connectivity index (χ4n) is 2.10. The van der Waals surface area contributed by atoms with Crippen LogP contribution in [-0.4, -0.2) is 9.78 Å². The number of hydrogen-bond donors (Lipinski definition) is 1. The lowest BCUT2D eigenvalue weighted by Gasteiger charge is -2.15. The lowest BCUT2D eigenvalue weighted by Crippen LogP contribution is -2.18. The van der Waals surface area contributed by atoms with Gasteiger partial charge in [0, 0.05) is 16.6 Å². The molecule has 1 heterocycles. The van der Waals surface area contributed by atoms with Crippen LogP contribution in [0.3, 0.4) is 0 Å². The molecule has 0 amide bonds. The molecule has 2 N–H and O–H groups in total. The Morgan fingerprint density at radius 1 is 1.45 bits per heavy atom. The van der Waals surface area contributed by atoms with Crippen LogP contribution in [0.1, 0.15) is 36.8 Å². The second-order valence-electron chi connectivity index (χ2n) is 4.47. The topological polar surface area (TPSA) is 43.8 Å². The molecule has 20 heavy (non-hydrogen) atoms. The highest BCUT2D eigenvalue weighted by molar-refractivity contribution is 9.10. The van der Waals surface area contributed by atoms with Crippen molar-refractivity contribution in [3.63, 3.8) is 0 Å². The molecule has 0 aliphatic rings. The molecule has 0 aliphatic carbocycles. The predicted octanol–water partition coefficient (Wildman–Crippen LogP) is 4.07. The van der Waals surface area contributed by atoms with Crippen molar-refractivity contribution in [3.8, 4) is 0 Å². The molecular formula is C14H16BrClFN3. The molecule has 1 unspecified atom stereocenters. The number of halogens is 3. The summed E-state index contributed by atoms with van der Waals surface area (Å²) in [4.78, 5) is 0. The summed E-state index contributed by atoms with van der Waals surface area (Å²) in [5, 5.41) is 4.49. The fraction of sp³-hybridized carbons (Fsp3) is 0.357. The van der Waals surface area contributed by atoms with Crippen molar-refractivity contribution >= 4 is 27.5 Å². The van der Waals surface area contributed by atoms with Crippen LogP contribution in [0.5, 0.6) is 0 Å². The maximum atomic E-state index is 14.3. The van der Waals surface area contributed by atoms with Gasteiger partial charge in [-0.05, 0) is 41.4 Å². The van der Waals surface area contributed by atoms with E-state index in [0.717, 1.165) is 17.8 Å². The Balaban J connectivity index is 2.48. The highest BCUT2D eigenvalue weighted by atomic mass is 79.9. The standard InChI is InChI=1S/C14H16BrClFN3/c1-3-8-7-11(20(4-2)19-8)14(18)9-5-6-10(15)12(16)13(9)17/h5-7,14H,3-4,18H2,1-2H3. The second kappa shape index (κ2) is 6.24. The maximum absolute atomic E-state index is 14.3. The lowest BCUT2D eigenvalue weighted by atomic mass is 10.0. The van der Waals surface area contributed by atoms with Crippen molar-refractivity contribution in [2.75, 3.05) is 0 Å². The van der Waals surface area contributed by atoms with E-state index >= 15 is 0 Å². The molecular weight excluding hydrogens is 345 g/mol. The third kappa shape index (κ3) is 2.75. The first-order chi connectivity index (χ1) is 9.49. The molecule has 1 atom stereocenters. The normalized spacial score (nSPS) is 12.7. The van der Waals surface area contributed by atoms with E-state index in [2.05, 4.69) is 21.0 Å². The average Bonchev–Trinajstić information content (AvgIpc) is 2.87. The van der Waals surface area contributed by atoms with Crippen LogP contribution in [0.4, 0.5) is 4.39 Å². The Kier molecular flexibility index (Phi) is 4.83. The van der Waals surface area contributed by atoms with E-state index in [1.165, 1.54) is 0 Å². The monoisotopic (exact) mass is 359 g/mol. The minimum absolute atomic E-state index is 0.0521. The lowest BCUT2D eigenvalue weighted by molar-refractivity contribution is 0.565. The summed E-state index contributed by atoms with van der Waals surface area (Å²) in [6.45, 7) is 4.69. The van der Waals surface area contributed by atoms with Crippen molar-refractivity contribution < 1.29 is 4.39 Å². The molecule has 0 saturated heterocycles. The predicted molar refractivity (Wildman–Crippen MR) is 82.4 cm³/mol. The van der Waals surface area contributed by atoms with E-state index in [1.807, 2.05) is 19.9 Å². The smallest absolute Gasteiger partial charge is 0.148 e. The number of aryl methyl sites for hydroxylation is 2. The molecule has 2 aromatic rings. The van der Waals surface area contributed by atoms with E-state index in [4.69, 9.17) is 17.3 Å². The molecule has 0 radical (unpaired) electrons. The first kappa shape index (κ1) is 15.5. The number of hydrogen-bond acceptors (Lipinski definition) is 2. The van der Waals surface area contributed by atoms with Gasteiger partial charge >= 0.3 is 0 Å². The van der Waals surface area contributed by atoms with E-state index in [-0.39, 0.29) is 5.02 Å². The van der Waals surface area contributed by atoms with Crippen molar-refractivity contribution in [1.29, 1.82) is 0 Å². The second-order valence-corrected chi connectivity index (χ2v) is 5.70. The molecule has 6 heteroatoms. The van der Waals surface area contributed by atoms with E-state index in [9.17, 15) is 4.39 Å². The molecule has 1 aromatic carbocycles. The van der Waals surface area contributed by atoms with Gasteiger partial charge in [-0.25, -0.2) is 4.39 Å². The quantitative estimate of drug-likeness (QED) is 0.835. The fourth-order valence-corrected chi connectivity index (χ4v) is 2.58. The molecule has 108 valence electrons. The Morgan fingerprint density at radius 2 is 2.15 bits per heavy atom. The largest absolute Gasteiger partial charge is 0.319 e. The summed E-state index contributed by atoms with van der Waals surface area (Å²) in [5.74, 6) is -0.490. The van der Waals surface area contributed by atoms with Gasteiger partial charge in [0.2, 0.25) is 0 Å². The highest BCUT2D eigenvalue weighted by Crippen LogP contribution is 2.32. The van der Waals surface area contributed by atoms with Crippen LogP contribution in [0.15, 0.2) is 22.7 Å². The first-order valence-corrected chi connectivity index (χ1v) is 7.62. The summed E-state index contributed by atoms with van der Waals surface area (Å²) >= 11 is 9.12. The molecule has 0 spiro atoms. The van der Waals surface area contributed by atoms with Gasteiger partial charge in [-0.15, -0.1) is 0 Å². The molecule has 0 fully saturated rings. The minimum atomic E-state index is -0.589. The van der Waals surface area contributed by atoms with Gasteiger partial charge in [0.25, 0.3) is 0 Å². The molecule has 3 nitrogen and oxygen atoms in total. The number of nitrogens with two attached hydrogens (primary N) is 1. The van der Waals surface area contributed by atoms with Crippen LogP contribution in [0.25, 0.3) is 0 Å². The van der Waals surface area contributed by atoms with E-state index in [1.54, 1.807) is 16.8 Å². The summed E-state index contributed by atoms with van der Waals surface area (Å²) in [7, 11) is 0. The van der Waals surface area contributed by atoms with Crippen LogP contribution in [0.2, 0.25) is 5.02 Å². The van der Waals surface area contributed by atoms with Gasteiger partial charge in [-0.1, -0.05) is 24.6 Å². The highest BCUT2D eigenvalue weighted by Gasteiger charge is 2.21. The molecule has 0 bridgehead atoms. The van der Waals surface area contributed by atoms with Gasteiger partial charge in [-0.3, -0.25) is 4.68 Å². The van der Waals surface area contributed by atoms with Crippen molar-refractivity contribution in [1.82, 2.24) is 9.78 Å². The minimum Gasteiger partial charge on any atom is -0.319 e. The van der Waals surface area contributed by atoms with Gasteiger partial charge in [0.05, 0.1) is 22.5 Å². The number of rotatable bonds is 4. The summed E-state index contributed by atoms with van der Waals surface area (Å²) in [6, 6.07) is 4.68. The van der Waals surface area contributed by atoms with Gasteiger partial charge < -0.3 is 5.73 Å². The number of benzene rings is 1. The molecule has 1 aromatic heterocycles. The van der Waals surface area contributed by atoms with Crippen LogP contribution in [-0.2, 0) is 13.0 Å². The van der Waals surface area contributed by atoms with Gasteiger partial charge in [-0.2, -0.15) is 5.10 Å². The van der Waals surface area contributed by atoms with Crippen LogP contribution >= 0.6 is 27.5 Å². The van der Waals surface area contributed by atoms with E-state index < -0.39 is 11.9 Å². The van der Waals surface area contributed by atoms with E-state index in [0.29, 0.717) is 16.6 Å². The number of aromatic nitrogens is 2. The Hall–Kier alpha value is -0.910. The Morgan fingerprint density at radius 3 is 2.75 bits per heavy atom. The molecule has 0 aliphatic heterocycles. The number of nitrogens with zero attached hydrogens (tertiary/aromatic N) is 2. The third-order valence-electron chi connectivity index (χ3n) is 3.24. The SMILES string of the molecule is CCc1cc(C(N)c2ccc(Br)c(Cl)c2F)n(CC)n1. The van der Waals surface area contributed by atoms with Crippen molar-refractivity contribution in [2.24, 2.45) is 5.73 Å². The third-order valence-corrected chi connectivity index (χ3v) is 4.50. The zero-order chi connectivity index (χ0) is 14.9. The zero-order valence-electron chi connectivity index (χ0n) is 11.3. The summed E-state index contributed by atoms with van der Waals surface area (Å²) < 4.78 is 16.6. The molecule has 2 rings (SSSR count).